The Bertz CT molecular complexity index is 234. The third-order valence-corrected chi connectivity index (χ3v) is 1.18. The van der Waals surface area contributed by atoms with Crippen molar-refractivity contribution in [2.24, 2.45) is 0 Å². The Morgan fingerprint density at radius 1 is 1.36 bits per heavy atom. The smallest absolute Gasteiger partial charge is 0.523 e. The zero-order valence-corrected chi connectivity index (χ0v) is 6.34. The Labute approximate surface area is 69.4 Å². The fourth-order valence-electron chi connectivity index (χ4n) is 0.648. The SMILES string of the molecule is Fc1ccccc1OBOCl. The van der Waals surface area contributed by atoms with Crippen LogP contribution in [0.15, 0.2) is 24.3 Å². The molecule has 0 bridgehead atoms. The third kappa shape index (κ3) is 2.40. The van der Waals surface area contributed by atoms with Crippen LogP contribution in [0, 0.1) is 5.82 Å². The maximum atomic E-state index is 12.7. The van der Waals surface area contributed by atoms with Gasteiger partial charge in [-0.15, -0.1) is 0 Å². The van der Waals surface area contributed by atoms with Crippen LogP contribution >= 0.6 is 11.9 Å². The molecule has 0 saturated heterocycles. The number of para-hydroxylation sites is 1. The van der Waals surface area contributed by atoms with Crippen molar-refractivity contribution in [3.05, 3.63) is 30.1 Å². The molecule has 0 fully saturated rings. The van der Waals surface area contributed by atoms with Gasteiger partial charge in [0.1, 0.15) is 5.75 Å². The van der Waals surface area contributed by atoms with Crippen LogP contribution in [0.2, 0.25) is 0 Å². The first-order valence-electron chi connectivity index (χ1n) is 2.95. The van der Waals surface area contributed by atoms with Crippen molar-refractivity contribution in [3.8, 4) is 5.75 Å². The Balaban J connectivity index is 2.62. The summed E-state index contributed by atoms with van der Waals surface area (Å²) in [5.74, 6) is -0.297. The summed E-state index contributed by atoms with van der Waals surface area (Å²) in [6.45, 7) is 0. The van der Waals surface area contributed by atoms with Gasteiger partial charge in [0.2, 0.25) is 0 Å². The molecule has 0 unspecified atom stereocenters. The maximum absolute atomic E-state index is 12.7. The largest absolute Gasteiger partial charge is 0.536 e. The minimum atomic E-state index is -0.429. The number of hydrogen-bond donors (Lipinski definition) is 0. The van der Waals surface area contributed by atoms with Crippen LogP contribution in [0.5, 0.6) is 5.75 Å². The normalized spacial score (nSPS) is 9.27. The summed E-state index contributed by atoms with van der Waals surface area (Å²) < 4.78 is 21.5. The molecule has 0 aliphatic heterocycles. The minimum absolute atomic E-state index is 0.133. The van der Waals surface area contributed by atoms with Crippen LogP contribution in [0.1, 0.15) is 0 Å². The van der Waals surface area contributed by atoms with E-state index in [0.29, 0.717) is 0 Å². The van der Waals surface area contributed by atoms with E-state index in [4.69, 9.17) is 16.5 Å². The lowest BCUT2D eigenvalue weighted by atomic mass is 10.3. The van der Waals surface area contributed by atoms with Crippen LogP contribution in [0.3, 0.4) is 0 Å². The van der Waals surface area contributed by atoms with Crippen molar-refractivity contribution in [2.75, 3.05) is 0 Å². The minimum Gasteiger partial charge on any atom is -0.536 e. The molecule has 0 radical (unpaired) electrons. The number of benzene rings is 1. The topological polar surface area (TPSA) is 18.5 Å². The molecule has 0 saturated carbocycles. The molecule has 0 aromatic heterocycles. The zero-order valence-electron chi connectivity index (χ0n) is 5.59. The highest BCUT2D eigenvalue weighted by atomic mass is 35.5. The van der Waals surface area contributed by atoms with Crippen molar-refractivity contribution < 1.29 is 13.3 Å². The predicted octanol–water partition coefficient (Wildman–Crippen LogP) is 1.64. The number of hydrogen-bond acceptors (Lipinski definition) is 2. The lowest BCUT2D eigenvalue weighted by Gasteiger charge is -2.02. The van der Waals surface area contributed by atoms with E-state index in [9.17, 15) is 4.39 Å². The number of rotatable bonds is 3. The second-order valence-corrected chi connectivity index (χ2v) is 2.02. The zero-order chi connectivity index (χ0) is 8.10. The van der Waals surface area contributed by atoms with E-state index in [1.165, 1.54) is 12.1 Å². The van der Waals surface area contributed by atoms with Crippen LogP contribution in [0.4, 0.5) is 4.39 Å². The van der Waals surface area contributed by atoms with Crippen molar-refractivity contribution in [2.45, 2.75) is 0 Å². The summed E-state index contributed by atoms with van der Waals surface area (Å²) in [4.78, 5) is 0. The highest BCUT2D eigenvalue weighted by Gasteiger charge is 2.00. The van der Waals surface area contributed by atoms with Gasteiger partial charge in [0.25, 0.3) is 0 Å². The van der Waals surface area contributed by atoms with E-state index in [1.807, 2.05) is 0 Å². The van der Waals surface area contributed by atoms with Crippen LogP contribution in [-0.2, 0) is 4.21 Å². The average molecular weight is 174 g/mol. The van der Waals surface area contributed by atoms with Crippen LogP contribution < -0.4 is 4.65 Å². The molecule has 1 rings (SSSR count). The van der Waals surface area contributed by atoms with E-state index in [0.717, 1.165) is 0 Å². The van der Waals surface area contributed by atoms with Crippen molar-refractivity contribution >= 4 is 19.6 Å². The Hall–Kier alpha value is -0.735. The van der Waals surface area contributed by atoms with Gasteiger partial charge in [-0.3, -0.25) is 4.21 Å². The highest BCUT2D eigenvalue weighted by Crippen LogP contribution is 2.14. The fourth-order valence-corrected chi connectivity index (χ4v) is 0.692. The molecular weight excluding hydrogens is 169 g/mol. The van der Waals surface area contributed by atoms with Gasteiger partial charge in [0.15, 0.2) is 5.82 Å². The highest BCUT2D eigenvalue weighted by molar-refractivity contribution is 6.31. The first-order valence-corrected chi connectivity index (χ1v) is 3.26. The molecule has 0 heterocycles. The monoisotopic (exact) mass is 174 g/mol. The van der Waals surface area contributed by atoms with Gasteiger partial charge < -0.3 is 4.65 Å². The van der Waals surface area contributed by atoms with Gasteiger partial charge in [0.05, 0.1) is 0 Å². The molecule has 5 heteroatoms. The van der Waals surface area contributed by atoms with Crippen molar-refractivity contribution in [3.63, 3.8) is 0 Å². The molecule has 0 spiro atoms. The van der Waals surface area contributed by atoms with Crippen LogP contribution in [0.25, 0.3) is 0 Å². The number of halogens is 2. The molecule has 0 amide bonds. The standard InChI is InChI=1S/C6H5BClFO2/c8-11-7-10-6-4-2-1-3-5(6)9/h1-4,7H. The quantitative estimate of drug-likeness (QED) is 0.649. The molecule has 0 aliphatic rings. The van der Waals surface area contributed by atoms with E-state index < -0.39 is 5.82 Å². The van der Waals surface area contributed by atoms with Gasteiger partial charge in [-0.25, -0.2) is 4.39 Å². The molecule has 1 aromatic carbocycles. The molecule has 0 atom stereocenters. The molecule has 0 aliphatic carbocycles. The summed E-state index contributed by atoms with van der Waals surface area (Å²) in [6, 6.07) is 6.02. The van der Waals surface area contributed by atoms with Gasteiger partial charge in [-0.05, 0) is 12.1 Å². The molecular formula is C6H5BClFO2. The lowest BCUT2D eigenvalue weighted by molar-refractivity contribution is 0.454. The lowest BCUT2D eigenvalue weighted by Crippen LogP contribution is -2.02. The second kappa shape index (κ2) is 4.21. The first-order chi connectivity index (χ1) is 5.34. The summed E-state index contributed by atoms with van der Waals surface area (Å²) in [5, 5.41) is 0. The Morgan fingerprint density at radius 2 is 2.09 bits per heavy atom. The average Bonchev–Trinajstić information content (AvgIpc) is 2.03. The first kappa shape index (κ1) is 8.36. The summed E-state index contributed by atoms with van der Waals surface area (Å²) >= 11 is 4.86. The van der Waals surface area contributed by atoms with Crippen LogP contribution in [-0.4, -0.2) is 7.69 Å². The van der Waals surface area contributed by atoms with Gasteiger partial charge >= 0.3 is 7.69 Å². The Kier molecular flexibility index (Phi) is 3.20. The van der Waals surface area contributed by atoms with Crippen molar-refractivity contribution in [1.82, 2.24) is 0 Å². The predicted molar refractivity (Wildman–Crippen MR) is 41.1 cm³/mol. The summed E-state index contributed by atoms with van der Waals surface area (Å²) in [6.07, 6.45) is 0. The third-order valence-electron chi connectivity index (χ3n) is 1.10. The van der Waals surface area contributed by atoms with E-state index in [1.54, 1.807) is 12.1 Å². The molecule has 1 aromatic rings. The van der Waals surface area contributed by atoms with E-state index >= 15 is 0 Å². The van der Waals surface area contributed by atoms with E-state index in [-0.39, 0.29) is 13.4 Å². The second-order valence-electron chi connectivity index (χ2n) is 1.80. The Morgan fingerprint density at radius 3 is 2.73 bits per heavy atom. The van der Waals surface area contributed by atoms with E-state index in [2.05, 4.69) is 4.21 Å². The summed E-state index contributed by atoms with van der Waals surface area (Å²) in [5.41, 5.74) is 0. The molecule has 11 heavy (non-hydrogen) atoms. The maximum Gasteiger partial charge on any atom is 0.523 e. The molecule has 2 nitrogen and oxygen atoms in total. The summed E-state index contributed by atoms with van der Waals surface area (Å²) in [7, 11) is -0.164. The molecule has 58 valence electrons. The fraction of sp³-hybridized carbons (Fsp3) is 0. The molecule has 0 N–H and O–H groups in total. The van der Waals surface area contributed by atoms with Gasteiger partial charge in [0, 0.05) is 11.9 Å². The van der Waals surface area contributed by atoms with Gasteiger partial charge in [-0.2, -0.15) is 0 Å². The van der Waals surface area contributed by atoms with Crippen molar-refractivity contribution in [1.29, 1.82) is 0 Å². The van der Waals surface area contributed by atoms with Gasteiger partial charge in [-0.1, -0.05) is 12.1 Å².